The van der Waals surface area contributed by atoms with E-state index in [1.165, 1.54) is 0 Å². The molecule has 22 heavy (non-hydrogen) atoms. The summed E-state index contributed by atoms with van der Waals surface area (Å²) in [4.78, 5) is 15.8. The largest absolute Gasteiger partial charge is 0.497 e. The number of carbonyl (C=O) groups excluding carboxylic acids is 1. The third-order valence-electron chi connectivity index (χ3n) is 2.94. The van der Waals surface area contributed by atoms with Gasteiger partial charge in [0.1, 0.15) is 11.6 Å². The number of nitrogens with zero attached hydrogens (tertiary/aromatic N) is 2. The van der Waals surface area contributed by atoms with Gasteiger partial charge in [0.05, 0.1) is 13.7 Å². The van der Waals surface area contributed by atoms with Gasteiger partial charge in [-0.2, -0.15) is 5.10 Å². The van der Waals surface area contributed by atoms with Gasteiger partial charge in [-0.3, -0.25) is 9.89 Å². The predicted molar refractivity (Wildman–Crippen MR) is 86.0 cm³/mol. The Kier molecular flexibility index (Phi) is 7.34. The van der Waals surface area contributed by atoms with Crippen molar-refractivity contribution in [3.63, 3.8) is 0 Å². The Hall–Kier alpha value is -2.12. The molecule has 0 atom stereocenters. The number of nitrogens with one attached hydrogen (secondary N) is 3. The summed E-state index contributed by atoms with van der Waals surface area (Å²) >= 11 is 0. The topological polar surface area (TPSA) is 91.9 Å². The number of aromatic amines is 1. The molecule has 8 heteroatoms. The molecule has 0 spiro atoms. The lowest BCUT2D eigenvalue weighted by atomic mass is 10.2. The summed E-state index contributed by atoms with van der Waals surface area (Å²) in [6.45, 7) is 0.991. The van der Waals surface area contributed by atoms with Crippen LogP contribution < -0.4 is 15.4 Å². The molecule has 0 bridgehead atoms. The Balaban J connectivity index is 0.00000242. The van der Waals surface area contributed by atoms with Crippen LogP contribution in [0, 0.1) is 0 Å². The van der Waals surface area contributed by atoms with Gasteiger partial charge in [0.25, 0.3) is 0 Å². The van der Waals surface area contributed by atoms with Crippen LogP contribution in [0.25, 0.3) is 11.4 Å². The number of methoxy groups -OCH3 is 1. The zero-order valence-electron chi connectivity index (χ0n) is 12.5. The van der Waals surface area contributed by atoms with E-state index in [-0.39, 0.29) is 18.3 Å². The minimum atomic E-state index is -0.0215. The molecule has 120 valence electrons. The molecule has 0 saturated heterocycles. The van der Waals surface area contributed by atoms with E-state index in [9.17, 15) is 4.79 Å². The van der Waals surface area contributed by atoms with Crippen LogP contribution in [-0.4, -0.2) is 41.8 Å². The maximum absolute atomic E-state index is 11.5. The molecule has 1 heterocycles. The number of halogens is 1. The molecule has 1 amide bonds. The number of hydrogen-bond acceptors (Lipinski definition) is 5. The van der Waals surface area contributed by atoms with Gasteiger partial charge in [-0.25, -0.2) is 4.98 Å². The molecule has 7 nitrogen and oxygen atoms in total. The van der Waals surface area contributed by atoms with Gasteiger partial charge in [-0.15, -0.1) is 12.4 Å². The van der Waals surface area contributed by atoms with Gasteiger partial charge in [-0.1, -0.05) is 0 Å². The Morgan fingerprint density at radius 2 is 2.05 bits per heavy atom. The molecule has 1 aromatic heterocycles. The predicted octanol–water partition coefficient (Wildman–Crippen LogP) is 1.13. The van der Waals surface area contributed by atoms with Crippen molar-refractivity contribution in [1.29, 1.82) is 0 Å². The van der Waals surface area contributed by atoms with Crippen LogP contribution in [0.15, 0.2) is 24.3 Å². The number of aromatic nitrogens is 3. The molecule has 2 rings (SSSR count). The van der Waals surface area contributed by atoms with Crippen molar-refractivity contribution in [3.8, 4) is 17.1 Å². The average molecular weight is 326 g/mol. The minimum absolute atomic E-state index is 0. The molecule has 0 aliphatic heterocycles. The number of carbonyl (C=O) groups is 1. The third-order valence-corrected chi connectivity index (χ3v) is 2.94. The molecule has 0 saturated carbocycles. The Morgan fingerprint density at radius 3 is 2.68 bits per heavy atom. The smallest absolute Gasteiger partial charge is 0.221 e. The highest BCUT2D eigenvalue weighted by molar-refractivity contribution is 5.85. The lowest BCUT2D eigenvalue weighted by Gasteiger charge is -2.02. The van der Waals surface area contributed by atoms with Crippen molar-refractivity contribution < 1.29 is 9.53 Å². The number of amides is 1. The van der Waals surface area contributed by atoms with E-state index in [2.05, 4.69) is 25.8 Å². The fourth-order valence-corrected chi connectivity index (χ4v) is 1.75. The van der Waals surface area contributed by atoms with Gasteiger partial charge >= 0.3 is 0 Å². The van der Waals surface area contributed by atoms with Crippen molar-refractivity contribution in [3.05, 3.63) is 30.1 Å². The second kappa shape index (κ2) is 9.01. The van der Waals surface area contributed by atoms with Crippen molar-refractivity contribution in [2.24, 2.45) is 0 Å². The fourth-order valence-electron chi connectivity index (χ4n) is 1.75. The SMILES string of the molecule is CNCCC(=O)NCc1nc(-c2ccc(OC)cc2)n[nH]1.Cl. The number of benzene rings is 1. The fraction of sp³-hybridized carbons (Fsp3) is 0.357. The summed E-state index contributed by atoms with van der Waals surface area (Å²) in [7, 11) is 3.43. The van der Waals surface area contributed by atoms with Crippen LogP contribution in [0.3, 0.4) is 0 Å². The van der Waals surface area contributed by atoms with Crippen LogP contribution in [0.5, 0.6) is 5.75 Å². The maximum Gasteiger partial charge on any atom is 0.221 e. The number of hydrogen-bond donors (Lipinski definition) is 3. The van der Waals surface area contributed by atoms with Crippen molar-refractivity contribution in [1.82, 2.24) is 25.8 Å². The third kappa shape index (κ3) is 5.01. The van der Waals surface area contributed by atoms with Crippen molar-refractivity contribution in [2.45, 2.75) is 13.0 Å². The van der Waals surface area contributed by atoms with Gasteiger partial charge in [0.15, 0.2) is 5.82 Å². The Morgan fingerprint density at radius 1 is 1.32 bits per heavy atom. The summed E-state index contributed by atoms with van der Waals surface area (Å²) in [6, 6.07) is 7.48. The lowest BCUT2D eigenvalue weighted by molar-refractivity contribution is -0.121. The standard InChI is InChI=1S/C14H19N5O2.ClH/c1-15-8-7-13(20)16-9-12-17-14(19-18-12)10-3-5-11(21-2)6-4-10;/h3-6,15H,7-9H2,1-2H3,(H,16,20)(H,17,18,19);1H. The highest BCUT2D eigenvalue weighted by Gasteiger charge is 2.07. The van der Waals surface area contributed by atoms with E-state index in [0.29, 0.717) is 31.2 Å². The van der Waals surface area contributed by atoms with Crippen LogP contribution in [0.2, 0.25) is 0 Å². The van der Waals surface area contributed by atoms with E-state index in [1.807, 2.05) is 31.3 Å². The molecule has 3 N–H and O–H groups in total. The molecular formula is C14H20ClN5O2. The molecule has 0 aliphatic carbocycles. The monoisotopic (exact) mass is 325 g/mol. The minimum Gasteiger partial charge on any atom is -0.497 e. The van der Waals surface area contributed by atoms with Gasteiger partial charge < -0.3 is 15.4 Å². The van der Waals surface area contributed by atoms with Gasteiger partial charge in [0, 0.05) is 18.5 Å². The molecule has 2 aromatic rings. The second-order valence-corrected chi connectivity index (χ2v) is 4.46. The number of H-pyrrole nitrogens is 1. The first kappa shape index (κ1) is 17.9. The summed E-state index contributed by atoms with van der Waals surface area (Å²) in [5.41, 5.74) is 0.889. The highest BCUT2D eigenvalue weighted by Crippen LogP contribution is 2.18. The molecule has 0 fully saturated rings. The first-order chi connectivity index (χ1) is 10.2. The van der Waals surface area contributed by atoms with Crippen LogP contribution in [0.4, 0.5) is 0 Å². The van der Waals surface area contributed by atoms with E-state index >= 15 is 0 Å². The molecular weight excluding hydrogens is 306 g/mol. The summed E-state index contributed by atoms with van der Waals surface area (Å²) < 4.78 is 5.11. The maximum atomic E-state index is 11.5. The molecule has 1 aromatic carbocycles. The number of ether oxygens (including phenoxy) is 1. The first-order valence-electron chi connectivity index (χ1n) is 6.70. The zero-order valence-corrected chi connectivity index (χ0v) is 13.4. The highest BCUT2D eigenvalue weighted by atomic mass is 35.5. The zero-order chi connectivity index (χ0) is 15.1. The van der Waals surface area contributed by atoms with E-state index in [4.69, 9.17) is 4.74 Å². The van der Waals surface area contributed by atoms with Crippen LogP contribution in [-0.2, 0) is 11.3 Å². The van der Waals surface area contributed by atoms with E-state index in [0.717, 1.165) is 11.3 Å². The Bertz CT molecular complexity index is 585. The van der Waals surface area contributed by atoms with Crippen LogP contribution in [0.1, 0.15) is 12.2 Å². The van der Waals surface area contributed by atoms with E-state index < -0.39 is 0 Å². The van der Waals surface area contributed by atoms with Gasteiger partial charge in [0.2, 0.25) is 5.91 Å². The Labute approximate surface area is 135 Å². The van der Waals surface area contributed by atoms with Crippen molar-refractivity contribution >= 4 is 18.3 Å². The quantitative estimate of drug-likeness (QED) is 0.709. The number of rotatable bonds is 7. The molecule has 0 aliphatic rings. The molecule has 0 radical (unpaired) electrons. The summed E-state index contributed by atoms with van der Waals surface area (Å²) in [5.74, 6) is 1.98. The summed E-state index contributed by atoms with van der Waals surface area (Å²) in [6.07, 6.45) is 0.440. The lowest BCUT2D eigenvalue weighted by Crippen LogP contribution is -2.26. The average Bonchev–Trinajstić information content (AvgIpc) is 3.00. The van der Waals surface area contributed by atoms with Crippen molar-refractivity contribution in [2.75, 3.05) is 20.7 Å². The molecule has 0 unspecified atom stereocenters. The van der Waals surface area contributed by atoms with Gasteiger partial charge in [-0.05, 0) is 31.3 Å². The van der Waals surface area contributed by atoms with E-state index in [1.54, 1.807) is 7.11 Å². The normalized spacial score (nSPS) is 9.91. The van der Waals surface area contributed by atoms with Crippen LogP contribution >= 0.6 is 12.4 Å². The summed E-state index contributed by atoms with van der Waals surface area (Å²) in [5, 5.41) is 12.7. The first-order valence-corrected chi connectivity index (χ1v) is 6.70. The second-order valence-electron chi connectivity index (χ2n) is 4.46.